The smallest absolute Gasteiger partial charge is 0.270 e. The van der Waals surface area contributed by atoms with Gasteiger partial charge in [0.15, 0.2) is 0 Å². The summed E-state index contributed by atoms with van der Waals surface area (Å²) in [5.74, 6) is -0.186. The van der Waals surface area contributed by atoms with Crippen molar-refractivity contribution in [1.82, 2.24) is 15.2 Å². The van der Waals surface area contributed by atoms with Gasteiger partial charge >= 0.3 is 0 Å². The minimum Gasteiger partial charge on any atom is -0.378 e. The van der Waals surface area contributed by atoms with Crippen molar-refractivity contribution in [1.29, 1.82) is 0 Å². The van der Waals surface area contributed by atoms with Gasteiger partial charge in [0.2, 0.25) is 5.91 Å². The quantitative estimate of drug-likeness (QED) is 0.564. The number of rotatable bonds is 5. The highest BCUT2D eigenvalue weighted by molar-refractivity contribution is 7.10. The van der Waals surface area contributed by atoms with Gasteiger partial charge in [0.05, 0.1) is 12.1 Å². The first-order chi connectivity index (χ1) is 16.6. The van der Waals surface area contributed by atoms with E-state index in [9.17, 15) is 9.59 Å². The normalized spacial score (nSPS) is 21.0. The molecule has 2 aromatic heterocycles. The van der Waals surface area contributed by atoms with Crippen LogP contribution in [0.5, 0.6) is 0 Å². The molecule has 3 aromatic rings. The molecule has 1 aliphatic heterocycles. The number of fused-ring (bicyclic) bond motifs is 2. The Kier molecular flexibility index (Phi) is 6.30. The topological polar surface area (TPSA) is 71.5 Å². The second kappa shape index (κ2) is 9.52. The first kappa shape index (κ1) is 22.5. The SMILES string of the molecule is CO[C@H]1[C@H](NC(=O)c2ccccn2)c2ccccc2C12CCN(C(=O)/C=C/c1cccs1)CC2. The zero-order chi connectivity index (χ0) is 23.5. The van der Waals surface area contributed by atoms with Crippen LogP contribution in [0.2, 0.25) is 0 Å². The number of nitrogens with one attached hydrogen (secondary N) is 1. The van der Waals surface area contributed by atoms with Crippen molar-refractivity contribution in [3.05, 3.63) is 93.9 Å². The number of carbonyl (C=O) groups is 2. The highest BCUT2D eigenvalue weighted by Gasteiger charge is 2.54. The third kappa shape index (κ3) is 4.06. The zero-order valence-corrected chi connectivity index (χ0v) is 19.8. The Balaban J connectivity index is 1.36. The molecule has 174 valence electrons. The van der Waals surface area contributed by atoms with E-state index in [2.05, 4.69) is 22.4 Å². The van der Waals surface area contributed by atoms with Crippen molar-refractivity contribution in [2.75, 3.05) is 20.2 Å². The van der Waals surface area contributed by atoms with Crippen LogP contribution in [0, 0.1) is 0 Å². The summed E-state index contributed by atoms with van der Waals surface area (Å²) in [7, 11) is 1.71. The summed E-state index contributed by atoms with van der Waals surface area (Å²) in [4.78, 5) is 32.9. The number of nitrogens with zero attached hydrogens (tertiary/aromatic N) is 2. The summed E-state index contributed by atoms with van der Waals surface area (Å²) in [5.41, 5.74) is 2.40. The molecule has 1 aromatic carbocycles. The molecule has 1 fully saturated rings. The molecular formula is C27H27N3O3S. The number of hydrogen-bond donors (Lipinski definition) is 1. The summed E-state index contributed by atoms with van der Waals surface area (Å²) >= 11 is 1.61. The van der Waals surface area contributed by atoms with Crippen LogP contribution < -0.4 is 5.32 Å². The van der Waals surface area contributed by atoms with Gasteiger partial charge in [0.1, 0.15) is 5.69 Å². The van der Waals surface area contributed by atoms with E-state index in [0.29, 0.717) is 18.8 Å². The van der Waals surface area contributed by atoms with Gasteiger partial charge in [-0.05, 0) is 53.6 Å². The summed E-state index contributed by atoms with van der Waals surface area (Å²) in [6.07, 6.45) is 6.48. The van der Waals surface area contributed by atoms with Gasteiger partial charge in [-0.25, -0.2) is 0 Å². The molecule has 2 aliphatic rings. The zero-order valence-electron chi connectivity index (χ0n) is 19.0. The predicted molar refractivity (Wildman–Crippen MR) is 133 cm³/mol. The highest BCUT2D eigenvalue weighted by atomic mass is 32.1. The fourth-order valence-electron chi connectivity index (χ4n) is 5.41. The number of piperidine rings is 1. The maximum Gasteiger partial charge on any atom is 0.270 e. The maximum atomic E-state index is 13.0. The molecule has 7 heteroatoms. The fraction of sp³-hybridized carbons (Fsp3) is 0.296. The molecule has 0 bridgehead atoms. The molecule has 1 saturated heterocycles. The largest absolute Gasteiger partial charge is 0.378 e. The summed E-state index contributed by atoms with van der Waals surface area (Å²) in [6.45, 7) is 1.28. The molecule has 3 heterocycles. The summed E-state index contributed by atoms with van der Waals surface area (Å²) in [6, 6.07) is 17.2. The van der Waals surface area contributed by atoms with E-state index in [-0.39, 0.29) is 29.4 Å². The minimum absolute atomic E-state index is 0.0310. The Hall–Kier alpha value is -3.29. The number of ether oxygens (including phenoxy) is 1. The lowest BCUT2D eigenvalue weighted by molar-refractivity contribution is -0.128. The van der Waals surface area contributed by atoms with Crippen LogP contribution in [0.3, 0.4) is 0 Å². The molecule has 0 saturated carbocycles. The molecule has 0 radical (unpaired) electrons. The molecule has 5 rings (SSSR count). The van der Waals surface area contributed by atoms with E-state index >= 15 is 0 Å². The molecule has 0 unspecified atom stereocenters. The van der Waals surface area contributed by atoms with Crippen molar-refractivity contribution in [2.45, 2.75) is 30.4 Å². The standard InChI is InChI=1S/C27H27N3O3S/c1-33-25-24(29-26(32)22-10-4-5-15-28-22)20-8-2-3-9-21(20)27(25)13-16-30(17-14-27)23(31)12-11-19-7-6-18-34-19/h2-12,15,18,24-25H,13-14,16-17H2,1H3,(H,29,32)/b12-11+/t24-,25+/m1/s1. The average Bonchev–Trinajstić information content (AvgIpc) is 3.49. The number of carbonyl (C=O) groups excluding carboxylic acids is 2. The first-order valence-electron chi connectivity index (χ1n) is 11.5. The van der Waals surface area contributed by atoms with Gasteiger partial charge in [-0.2, -0.15) is 0 Å². The first-order valence-corrected chi connectivity index (χ1v) is 12.3. The lowest BCUT2D eigenvalue weighted by Gasteiger charge is -2.43. The Morgan fingerprint density at radius 2 is 1.91 bits per heavy atom. The van der Waals surface area contributed by atoms with Gasteiger partial charge < -0.3 is 15.0 Å². The van der Waals surface area contributed by atoms with E-state index in [0.717, 1.165) is 23.3 Å². The Morgan fingerprint density at radius 3 is 2.62 bits per heavy atom. The third-order valence-electron chi connectivity index (χ3n) is 7.02. The van der Waals surface area contributed by atoms with Crippen LogP contribution in [0.4, 0.5) is 0 Å². The maximum absolute atomic E-state index is 13.0. The van der Waals surface area contributed by atoms with Crippen molar-refractivity contribution in [3.63, 3.8) is 0 Å². The van der Waals surface area contributed by atoms with Crippen molar-refractivity contribution >= 4 is 29.2 Å². The highest BCUT2D eigenvalue weighted by Crippen LogP contribution is 2.52. The number of aromatic nitrogens is 1. The number of pyridine rings is 1. The van der Waals surface area contributed by atoms with Gasteiger partial charge in [-0.3, -0.25) is 14.6 Å². The molecule has 2 amide bonds. The summed E-state index contributed by atoms with van der Waals surface area (Å²) < 4.78 is 6.08. The van der Waals surface area contributed by atoms with Gasteiger partial charge in [0.25, 0.3) is 5.91 Å². The number of methoxy groups -OCH3 is 1. The molecule has 1 aliphatic carbocycles. The molecule has 34 heavy (non-hydrogen) atoms. The van der Waals surface area contributed by atoms with E-state index in [1.54, 1.807) is 48.9 Å². The Morgan fingerprint density at radius 1 is 1.12 bits per heavy atom. The lowest BCUT2D eigenvalue weighted by Crippen LogP contribution is -2.51. The van der Waals surface area contributed by atoms with E-state index < -0.39 is 0 Å². The van der Waals surface area contributed by atoms with Crippen LogP contribution in [0.15, 0.2) is 72.3 Å². The van der Waals surface area contributed by atoms with E-state index in [4.69, 9.17) is 4.74 Å². The molecule has 1 N–H and O–H groups in total. The molecular weight excluding hydrogens is 446 g/mol. The molecule has 1 spiro atoms. The number of likely N-dealkylation sites (tertiary alicyclic amines) is 1. The van der Waals surface area contributed by atoms with Crippen molar-refractivity contribution in [3.8, 4) is 0 Å². The van der Waals surface area contributed by atoms with Crippen molar-refractivity contribution < 1.29 is 14.3 Å². The van der Waals surface area contributed by atoms with Gasteiger partial charge in [-0.15, -0.1) is 11.3 Å². The average molecular weight is 474 g/mol. The third-order valence-corrected chi connectivity index (χ3v) is 7.86. The summed E-state index contributed by atoms with van der Waals surface area (Å²) in [5, 5.41) is 5.18. The molecule has 2 atom stereocenters. The van der Waals surface area contributed by atoms with Crippen molar-refractivity contribution in [2.24, 2.45) is 0 Å². The number of amides is 2. The lowest BCUT2D eigenvalue weighted by atomic mass is 9.72. The number of hydrogen-bond acceptors (Lipinski definition) is 5. The van der Waals surface area contributed by atoms with Crippen LogP contribution in [-0.4, -0.2) is 48.0 Å². The van der Waals surface area contributed by atoms with E-state index in [1.807, 2.05) is 40.6 Å². The van der Waals surface area contributed by atoms with Gasteiger partial charge in [0, 0.05) is 42.8 Å². The minimum atomic E-state index is -0.281. The van der Waals surface area contributed by atoms with Crippen LogP contribution in [0.25, 0.3) is 6.08 Å². The number of benzene rings is 1. The van der Waals surface area contributed by atoms with Crippen LogP contribution >= 0.6 is 11.3 Å². The number of thiophene rings is 1. The molecule has 6 nitrogen and oxygen atoms in total. The van der Waals surface area contributed by atoms with Gasteiger partial charge in [-0.1, -0.05) is 36.4 Å². The van der Waals surface area contributed by atoms with E-state index in [1.165, 1.54) is 5.56 Å². The Labute approximate surface area is 203 Å². The second-order valence-corrected chi connectivity index (χ2v) is 9.72. The van der Waals surface area contributed by atoms with Crippen LogP contribution in [-0.2, 0) is 14.9 Å². The second-order valence-electron chi connectivity index (χ2n) is 8.74. The van der Waals surface area contributed by atoms with Crippen LogP contribution in [0.1, 0.15) is 45.4 Å². The Bertz CT molecular complexity index is 1180. The fourth-order valence-corrected chi connectivity index (χ4v) is 6.03. The predicted octanol–water partition coefficient (Wildman–Crippen LogP) is 4.22. The monoisotopic (exact) mass is 473 g/mol.